The van der Waals surface area contributed by atoms with Crippen molar-refractivity contribution < 1.29 is 9.59 Å². The molecule has 27 heavy (non-hydrogen) atoms. The minimum atomic E-state index is -0.105. The zero-order chi connectivity index (χ0) is 19.4. The van der Waals surface area contributed by atoms with E-state index in [0.717, 1.165) is 17.7 Å². The molecule has 1 amide bonds. The first-order valence-corrected chi connectivity index (χ1v) is 9.65. The summed E-state index contributed by atoms with van der Waals surface area (Å²) in [4.78, 5) is 35.4. The molecule has 1 aromatic carbocycles. The molecule has 5 heteroatoms. The first-order chi connectivity index (χ1) is 12.9. The summed E-state index contributed by atoms with van der Waals surface area (Å²) < 4.78 is 0. The number of hydrogen-bond acceptors (Lipinski definition) is 4. The fraction of sp³-hybridized carbons (Fsp3) is 0.455. The number of aryl methyl sites for hydroxylation is 1. The van der Waals surface area contributed by atoms with Crippen LogP contribution in [0.3, 0.4) is 0 Å². The van der Waals surface area contributed by atoms with Gasteiger partial charge in [0, 0.05) is 30.8 Å². The lowest BCUT2D eigenvalue weighted by atomic mass is 9.88. The van der Waals surface area contributed by atoms with Crippen LogP contribution in [-0.2, 0) is 6.42 Å². The van der Waals surface area contributed by atoms with Gasteiger partial charge in [0.25, 0.3) is 5.91 Å². The lowest BCUT2D eigenvalue weighted by molar-refractivity contribution is 0.0645. The molecule has 5 nitrogen and oxygen atoms in total. The van der Waals surface area contributed by atoms with Crippen molar-refractivity contribution in [1.82, 2.24) is 14.9 Å². The minimum absolute atomic E-state index is 0.0194. The molecule has 0 saturated carbocycles. The summed E-state index contributed by atoms with van der Waals surface area (Å²) in [7, 11) is 0. The Morgan fingerprint density at radius 3 is 2.30 bits per heavy atom. The molecule has 0 radical (unpaired) electrons. The van der Waals surface area contributed by atoms with Gasteiger partial charge in [-0.05, 0) is 37.7 Å². The topological polar surface area (TPSA) is 63.2 Å². The molecule has 0 N–H and O–H groups in total. The van der Waals surface area contributed by atoms with Crippen molar-refractivity contribution in [2.24, 2.45) is 11.8 Å². The van der Waals surface area contributed by atoms with Crippen molar-refractivity contribution in [2.45, 2.75) is 40.0 Å². The minimum Gasteiger partial charge on any atom is -0.337 e. The van der Waals surface area contributed by atoms with Gasteiger partial charge in [-0.2, -0.15) is 0 Å². The summed E-state index contributed by atoms with van der Waals surface area (Å²) in [6.07, 6.45) is 5.53. The summed E-state index contributed by atoms with van der Waals surface area (Å²) in [6.45, 7) is 7.38. The number of aromatic nitrogens is 2. The molecule has 0 atom stereocenters. The van der Waals surface area contributed by atoms with E-state index < -0.39 is 0 Å². The summed E-state index contributed by atoms with van der Waals surface area (Å²) in [5.41, 5.74) is 3.19. The third-order valence-corrected chi connectivity index (χ3v) is 5.04. The summed E-state index contributed by atoms with van der Waals surface area (Å²) in [6, 6.07) is 8.00. The molecule has 1 aliphatic rings. The van der Waals surface area contributed by atoms with Crippen molar-refractivity contribution in [3.05, 3.63) is 59.2 Å². The number of ketones is 1. The predicted octanol–water partition coefficient (Wildman–Crippen LogP) is 3.72. The second-order valence-corrected chi connectivity index (χ2v) is 7.77. The number of benzene rings is 1. The number of Topliss-reactive ketones (excluding diaryl/α,β-unsaturated/α-hetero) is 1. The number of piperidine rings is 1. The van der Waals surface area contributed by atoms with Gasteiger partial charge in [0.2, 0.25) is 0 Å². The van der Waals surface area contributed by atoms with Crippen LogP contribution in [-0.4, -0.2) is 39.6 Å². The maximum Gasteiger partial charge on any atom is 0.274 e. The highest BCUT2D eigenvalue weighted by Gasteiger charge is 2.28. The van der Waals surface area contributed by atoms with Gasteiger partial charge in [0.05, 0.1) is 11.9 Å². The van der Waals surface area contributed by atoms with E-state index in [-0.39, 0.29) is 17.6 Å². The lowest BCUT2D eigenvalue weighted by Crippen LogP contribution is -2.40. The van der Waals surface area contributed by atoms with Gasteiger partial charge in [0.15, 0.2) is 5.78 Å². The van der Waals surface area contributed by atoms with E-state index in [9.17, 15) is 9.59 Å². The molecule has 0 unspecified atom stereocenters. The second-order valence-electron chi connectivity index (χ2n) is 7.77. The van der Waals surface area contributed by atoms with Crippen LogP contribution in [0.2, 0.25) is 0 Å². The van der Waals surface area contributed by atoms with Crippen molar-refractivity contribution in [3.8, 4) is 0 Å². The first kappa shape index (κ1) is 19.2. The molecular weight excluding hydrogens is 338 g/mol. The van der Waals surface area contributed by atoms with E-state index in [0.29, 0.717) is 37.5 Å². The molecular formula is C22H27N3O2. The highest BCUT2D eigenvalue weighted by molar-refractivity contribution is 5.98. The van der Waals surface area contributed by atoms with Crippen LogP contribution < -0.4 is 0 Å². The van der Waals surface area contributed by atoms with Crippen LogP contribution in [0.1, 0.15) is 58.8 Å². The fourth-order valence-electron chi connectivity index (χ4n) is 3.52. The van der Waals surface area contributed by atoms with Crippen LogP contribution in [0.25, 0.3) is 0 Å². The molecule has 0 spiro atoms. The van der Waals surface area contributed by atoms with Crippen molar-refractivity contribution >= 4 is 11.7 Å². The normalized spacial score (nSPS) is 15.2. The summed E-state index contributed by atoms with van der Waals surface area (Å²) in [5.74, 6) is 0.667. The van der Waals surface area contributed by atoms with Gasteiger partial charge in [0.1, 0.15) is 5.69 Å². The molecule has 1 aliphatic heterocycles. The van der Waals surface area contributed by atoms with Gasteiger partial charge in [-0.1, -0.05) is 38.1 Å². The Labute approximate surface area is 160 Å². The molecule has 2 aromatic rings. The second kappa shape index (κ2) is 8.42. The Balaban J connectivity index is 1.57. The Kier molecular flexibility index (Phi) is 5.99. The number of amides is 1. The Morgan fingerprint density at radius 1 is 1.07 bits per heavy atom. The van der Waals surface area contributed by atoms with Crippen molar-refractivity contribution in [3.63, 3.8) is 0 Å². The molecule has 0 aliphatic carbocycles. The molecule has 3 rings (SSSR count). The standard InChI is InChI=1S/C22H27N3O2/c1-15(2)12-17-4-6-18(7-5-17)21(26)19-8-10-25(11-9-19)22(27)20-14-23-16(3)13-24-20/h4-7,13-15,19H,8-12H2,1-3H3. The number of nitrogens with zero attached hydrogens (tertiary/aromatic N) is 3. The van der Waals surface area contributed by atoms with Gasteiger partial charge in [-0.3, -0.25) is 14.6 Å². The molecule has 1 aromatic heterocycles. The average Bonchev–Trinajstić information content (AvgIpc) is 2.68. The maximum atomic E-state index is 12.8. The number of carbonyl (C=O) groups is 2. The van der Waals surface area contributed by atoms with Crippen LogP contribution in [0.15, 0.2) is 36.7 Å². The molecule has 1 fully saturated rings. The van der Waals surface area contributed by atoms with Crippen LogP contribution >= 0.6 is 0 Å². The monoisotopic (exact) mass is 365 g/mol. The van der Waals surface area contributed by atoms with Crippen molar-refractivity contribution in [1.29, 1.82) is 0 Å². The van der Waals surface area contributed by atoms with E-state index in [4.69, 9.17) is 0 Å². The largest absolute Gasteiger partial charge is 0.337 e. The van der Waals surface area contributed by atoms with Crippen LogP contribution in [0, 0.1) is 18.8 Å². The van der Waals surface area contributed by atoms with Gasteiger partial charge in [-0.25, -0.2) is 4.98 Å². The smallest absolute Gasteiger partial charge is 0.274 e. The van der Waals surface area contributed by atoms with Gasteiger partial charge in [-0.15, -0.1) is 0 Å². The SMILES string of the molecule is Cc1cnc(C(=O)N2CCC(C(=O)c3ccc(CC(C)C)cc3)CC2)cn1. The third-order valence-electron chi connectivity index (χ3n) is 5.04. The Hall–Kier alpha value is -2.56. The number of likely N-dealkylation sites (tertiary alicyclic amines) is 1. The zero-order valence-corrected chi connectivity index (χ0v) is 16.3. The quantitative estimate of drug-likeness (QED) is 0.758. The highest BCUT2D eigenvalue weighted by atomic mass is 16.2. The Morgan fingerprint density at radius 2 is 1.74 bits per heavy atom. The fourth-order valence-corrected chi connectivity index (χ4v) is 3.52. The molecule has 142 valence electrons. The molecule has 2 heterocycles. The zero-order valence-electron chi connectivity index (χ0n) is 16.3. The van der Waals surface area contributed by atoms with Crippen LogP contribution in [0.5, 0.6) is 0 Å². The summed E-state index contributed by atoms with van der Waals surface area (Å²) >= 11 is 0. The number of hydrogen-bond donors (Lipinski definition) is 0. The highest BCUT2D eigenvalue weighted by Crippen LogP contribution is 2.23. The van der Waals surface area contributed by atoms with Gasteiger partial charge < -0.3 is 4.90 Å². The van der Waals surface area contributed by atoms with E-state index >= 15 is 0 Å². The van der Waals surface area contributed by atoms with Crippen LogP contribution in [0.4, 0.5) is 0 Å². The Bertz CT molecular complexity index is 789. The number of carbonyl (C=O) groups excluding carboxylic acids is 2. The van der Waals surface area contributed by atoms with E-state index in [2.05, 4.69) is 35.9 Å². The summed E-state index contributed by atoms with van der Waals surface area (Å²) in [5, 5.41) is 0. The van der Waals surface area contributed by atoms with Crippen molar-refractivity contribution in [2.75, 3.05) is 13.1 Å². The van der Waals surface area contributed by atoms with E-state index in [1.54, 1.807) is 11.1 Å². The van der Waals surface area contributed by atoms with E-state index in [1.165, 1.54) is 11.8 Å². The molecule has 1 saturated heterocycles. The van der Waals surface area contributed by atoms with Gasteiger partial charge >= 0.3 is 0 Å². The first-order valence-electron chi connectivity index (χ1n) is 9.65. The maximum absolute atomic E-state index is 12.8. The molecule has 0 bridgehead atoms. The third kappa shape index (κ3) is 4.79. The van der Waals surface area contributed by atoms with E-state index in [1.807, 2.05) is 19.1 Å². The predicted molar refractivity (Wildman–Crippen MR) is 105 cm³/mol. The lowest BCUT2D eigenvalue weighted by Gasteiger charge is -2.31. The number of rotatable bonds is 5. The average molecular weight is 365 g/mol.